The number of hydrogen-bond acceptors (Lipinski definition) is 4. The standard InChI is InChI=1S/C9H16N4O2/c1-6(2)3-7(14)4-10-9(15)8-5-11-13-12-8/h5-7,14H,3-4H2,1-2H3,(H,10,15)(H,11,12,13). The number of amides is 1. The smallest absolute Gasteiger partial charge is 0.273 e. The molecular formula is C9H16N4O2. The molecule has 15 heavy (non-hydrogen) atoms. The molecule has 3 N–H and O–H groups in total. The molecule has 0 fully saturated rings. The summed E-state index contributed by atoms with van der Waals surface area (Å²) in [5.74, 6) is 0.0792. The quantitative estimate of drug-likeness (QED) is 0.637. The van der Waals surface area contributed by atoms with Crippen molar-refractivity contribution in [1.82, 2.24) is 20.7 Å². The van der Waals surface area contributed by atoms with Gasteiger partial charge in [0.25, 0.3) is 5.91 Å². The number of aromatic nitrogens is 3. The van der Waals surface area contributed by atoms with Gasteiger partial charge in [-0.05, 0) is 12.3 Å². The van der Waals surface area contributed by atoms with Crippen LogP contribution in [-0.4, -0.2) is 39.1 Å². The molecule has 0 bridgehead atoms. The number of aliphatic hydroxyl groups is 1. The highest BCUT2D eigenvalue weighted by Gasteiger charge is 2.11. The van der Waals surface area contributed by atoms with Crippen LogP contribution < -0.4 is 5.32 Å². The third-order valence-corrected chi connectivity index (χ3v) is 1.89. The van der Waals surface area contributed by atoms with Crippen molar-refractivity contribution in [3.05, 3.63) is 11.9 Å². The van der Waals surface area contributed by atoms with Gasteiger partial charge in [0.15, 0.2) is 5.69 Å². The molecule has 0 aliphatic heterocycles. The molecule has 1 atom stereocenters. The Hall–Kier alpha value is -1.43. The summed E-state index contributed by atoms with van der Waals surface area (Å²) >= 11 is 0. The molecule has 0 saturated carbocycles. The second kappa shape index (κ2) is 5.45. The van der Waals surface area contributed by atoms with Crippen molar-refractivity contribution in [3.63, 3.8) is 0 Å². The zero-order valence-electron chi connectivity index (χ0n) is 8.90. The summed E-state index contributed by atoms with van der Waals surface area (Å²) in [6.45, 7) is 4.27. The third-order valence-electron chi connectivity index (χ3n) is 1.89. The maximum Gasteiger partial charge on any atom is 0.273 e. The van der Waals surface area contributed by atoms with Gasteiger partial charge in [0, 0.05) is 6.54 Å². The highest BCUT2D eigenvalue weighted by Crippen LogP contribution is 2.03. The number of carbonyl (C=O) groups is 1. The Morgan fingerprint density at radius 3 is 2.93 bits per heavy atom. The van der Waals surface area contributed by atoms with E-state index in [1.165, 1.54) is 6.20 Å². The van der Waals surface area contributed by atoms with Crippen molar-refractivity contribution in [2.24, 2.45) is 5.92 Å². The Balaban J connectivity index is 2.28. The summed E-state index contributed by atoms with van der Waals surface area (Å²) < 4.78 is 0. The molecule has 0 aromatic carbocycles. The number of nitrogens with one attached hydrogen (secondary N) is 2. The first-order valence-electron chi connectivity index (χ1n) is 4.91. The minimum Gasteiger partial charge on any atom is -0.391 e. The predicted octanol–water partition coefficient (Wildman–Crippen LogP) is -0.0585. The number of aromatic amines is 1. The summed E-state index contributed by atoms with van der Waals surface area (Å²) in [4.78, 5) is 11.4. The Labute approximate surface area is 88.1 Å². The van der Waals surface area contributed by atoms with Crippen LogP contribution in [0.4, 0.5) is 0 Å². The fraction of sp³-hybridized carbons (Fsp3) is 0.667. The summed E-state index contributed by atoms with van der Waals surface area (Å²) in [6, 6.07) is 0. The molecular weight excluding hydrogens is 196 g/mol. The first-order chi connectivity index (χ1) is 7.09. The monoisotopic (exact) mass is 212 g/mol. The van der Waals surface area contributed by atoms with Gasteiger partial charge in [0.05, 0.1) is 12.3 Å². The Morgan fingerprint density at radius 2 is 2.40 bits per heavy atom. The van der Waals surface area contributed by atoms with Crippen molar-refractivity contribution in [3.8, 4) is 0 Å². The highest BCUT2D eigenvalue weighted by atomic mass is 16.3. The molecule has 6 nitrogen and oxygen atoms in total. The minimum atomic E-state index is -0.513. The molecule has 0 aliphatic rings. The number of nitrogens with zero attached hydrogens (tertiary/aromatic N) is 2. The van der Waals surface area contributed by atoms with Gasteiger partial charge in [0.2, 0.25) is 0 Å². The molecule has 0 spiro atoms. The molecule has 1 heterocycles. The molecule has 6 heteroatoms. The Bertz CT molecular complexity index is 297. The Morgan fingerprint density at radius 1 is 1.67 bits per heavy atom. The van der Waals surface area contributed by atoms with Crippen LogP contribution in [0.2, 0.25) is 0 Å². The lowest BCUT2D eigenvalue weighted by Gasteiger charge is -2.12. The van der Waals surface area contributed by atoms with Crippen molar-refractivity contribution in [2.75, 3.05) is 6.54 Å². The van der Waals surface area contributed by atoms with E-state index in [0.717, 1.165) is 0 Å². The van der Waals surface area contributed by atoms with E-state index in [0.29, 0.717) is 12.3 Å². The van der Waals surface area contributed by atoms with Crippen LogP contribution in [0, 0.1) is 5.92 Å². The maximum absolute atomic E-state index is 11.4. The van der Waals surface area contributed by atoms with Crippen molar-refractivity contribution in [2.45, 2.75) is 26.4 Å². The van der Waals surface area contributed by atoms with E-state index < -0.39 is 6.10 Å². The van der Waals surface area contributed by atoms with Crippen molar-refractivity contribution in [1.29, 1.82) is 0 Å². The maximum atomic E-state index is 11.4. The number of carbonyl (C=O) groups excluding carboxylic acids is 1. The van der Waals surface area contributed by atoms with E-state index in [9.17, 15) is 9.90 Å². The normalized spacial score (nSPS) is 12.8. The molecule has 84 valence electrons. The van der Waals surface area contributed by atoms with Crippen LogP contribution in [-0.2, 0) is 0 Å². The first kappa shape index (κ1) is 11.6. The second-order valence-corrected chi connectivity index (χ2v) is 3.85. The van der Waals surface area contributed by atoms with Crippen molar-refractivity contribution < 1.29 is 9.90 Å². The first-order valence-corrected chi connectivity index (χ1v) is 4.91. The van der Waals surface area contributed by atoms with E-state index in [1.54, 1.807) is 0 Å². The van der Waals surface area contributed by atoms with Crippen LogP contribution >= 0.6 is 0 Å². The predicted molar refractivity (Wildman–Crippen MR) is 54.2 cm³/mol. The topological polar surface area (TPSA) is 90.9 Å². The van der Waals surface area contributed by atoms with Crippen molar-refractivity contribution >= 4 is 5.91 Å². The minimum absolute atomic E-state index is 0.228. The average molecular weight is 212 g/mol. The zero-order chi connectivity index (χ0) is 11.3. The SMILES string of the molecule is CC(C)CC(O)CNC(=O)c1cn[nH]n1. The molecule has 0 aliphatic carbocycles. The Kier molecular flexibility index (Phi) is 4.23. The van der Waals surface area contributed by atoms with Gasteiger partial charge >= 0.3 is 0 Å². The van der Waals surface area contributed by atoms with Crippen LogP contribution in [0.25, 0.3) is 0 Å². The van der Waals surface area contributed by atoms with Gasteiger partial charge in [-0.2, -0.15) is 15.4 Å². The second-order valence-electron chi connectivity index (χ2n) is 3.85. The van der Waals surface area contributed by atoms with E-state index in [-0.39, 0.29) is 18.1 Å². The average Bonchev–Trinajstić information content (AvgIpc) is 2.65. The fourth-order valence-electron chi connectivity index (χ4n) is 1.24. The largest absolute Gasteiger partial charge is 0.391 e. The molecule has 1 aromatic heterocycles. The molecule has 1 amide bonds. The molecule has 1 rings (SSSR count). The summed E-state index contributed by atoms with van der Waals surface area (Å²) in [5, 5.41) is 21.6. The van der Waals surface area contributed by atoms with Crippen LogP contribution in [0.15, 0.2) is 6.20 Å². The molecule has 1 unspecified atom stereocenters. The lowest BCUT2D eigenvalue weighted by molar-refractivity contribution is 0.0895. The van der Waals surface area contributed by atoms with Crippen LogP contribution in [0.3, 0.4) is 0 Å². The van der Waals surface area contributed by atoms with Gasteiger partial charge in [-0.1, -0.05) is 13.8 Å². The van der Waals surface area contributed by atoms with E-state index >= 15 is 0 Å². The number of rotatable bonds is 5. The van der Waals surface area contributed by atoms with Gasteiger partial charge in [-0.3, -0.25) is 4.79 Å². The highest BCUT2D eigenvalue weighted by molar-refractivity contribution is 5.91. The lowest BCUT2D eigenvalue weighted by atomic mass is 10.1. The fourth-order valence-corrected chi connectivity index (χ4v) is 1.24. The van der Waals surface area contributed by atoms with Gasteiger partial charge in [0.1, 0.15) is 0 Å². The molecule has 0 radical (unpaired) electrons. The third kappa shape index (κ3) is 4.07. The van der Waals surface area contributed by atoms with Gasteiger partial charge in [-0.25, -0.2) is 0 Å². The van der Waals surface area contributed by atoms with Crippen LogP contribution in [0.1, 0.15) is 30.8 Å². The van der Waals surface area contributed by atoms with E-state index in [1.807, 2.05) is 13.8 Å². The summed E-state index contributed by atoms with van der Waals surface area (Å²) in [7, 11) is 0. The van der Waals surface area contributed by atoms with E-state index in [2.05, 4.69) is 20.7 Å². The number of H-pyrrole nitrogens is 1. The van der Waals surface area contributed by atoms with Gasteiger partial charge in [-0.15, -0.1) is 0 Å². The lowest BCUT2D eigenvalue weighted by Crippen LogP contribution is -2.33. The summed E-state index contributed by atoms with van der Waals surface area (Å²) in [5.41, 5.74) is 0.228. The van der Waals surface area contributed by atoms with E-state index in [4.69, 9.17) is 0 Å². The molecule has 1 aromatic rings. The number of hydrogen-bond donors (Lipinski definition) is 3. The van der Waals surface area contributed by atoms with Crippen LogP contribution in [0.5, 0.6) is 0 Å². The summed E-state index contributed by atoms with van der Waals surface area (Å²) in [6.07, 6.45) is 1.49. The zero-order valence-corrected chi connectivity index (χ0v) is 8.90. The van der Waals surface area contributed by atoms with Gasteiger partial charge < -0.3 is 10.4 Å². The number of aliphatic hydroxyl groups excluding tert-OH is 1. The molecule has 0 saturated heterocycles.